The predicted octanol–water partition coefficient (Wildman–Crippen LogP) is 3.02. The van der Waals surface area contributed by atoms with E-state index in [1.807, 2.05) is 30.0 Å². The zero-order chi connectivity index (χ0) is 13.7. The van der Waals surface area contributed by atoms with Gasteiger partial charge >= 0.3 is 0 Å². The molecule has 0 saturated carbocycles. The van der Waals surface area contributed by atoms with Gasteiger partial charge in [-0.1, -0.05) is 18.2 Å². The van der Waals surface area contributed by atoms with E-state index in [1.165, 1.54) is 6.07 Å². The van der Waals surface area contributed by atoms with E-state index in [4.69, 9.17) is 5.73 Å². The normalized spacial score (nSPS) is 10.5. The number of halogens is 1. The summed E-state index contributed by atoms with van der Waals surface area (Å²) in [7, 11) is 0. The maximum absolute atomic E-state index is 13.9. The van der Waals surface area contributed by atoms with Gasteiger partial charge in [0, 0.05) is 12.7 Å². The Morgan fingerprint density at radius 1 is 1.21 bits per heavy atom. The van der Waals surface area contributed by atoms with E-state index in [9.17, 15) is 4.39 Å². The molecule has 100 valence electrons. The number of hydrogen-bond acceptors (Lipinski definition) is 3. The molecule has 0 aliphatic rings. The second kappa shape index (κ2) is 6.29. The second-order valence-corrected chi connectivity index (χ2v) is 4.44. The van der Waals surface area contributed by atoms with Crippen molar-refractivity contribution in [1.82, 2.24) is 4.98 Å². The van der Waals surface area contributed by atoms with Gasteiger partial charge in [-0.3, -0.25) is 0 Å². The van der Waals surface area contributed by atoms with Crippen LogP contribution in [0, 0.1) is 12.7 Å². The van der Waals surface area contributed by atoms with Crippen molar-refractivity contribution in [2.45, 2.75) is 13.3 Å². The lowest BCUT2D eigenvalue weighted by molar-refractivity contribution is 0.623. The summed E-state index contributed by atoms with van der Waals surface area (Å²) in [6.07, 6.45) is 2.56. The summed E-state index contributed by atoms with van der Waals surface area (Å²) in [6.45, 7) is 3.19. The molecule has 0 aliphatic carbocycles. The molecule has 0 spiro atoms. The fraction of sp³-hybridized carbons (Fsp3) is 0.267. The van der Waals surface area contributed by atoms with Gasteiger partial charge in [0.25, 0.3) is 0 Å². The molecule has 2 aromatic rings. The molecule has 0 saturated heterocycles. The third kappa shape index (κ3) is 3.29. The van der Waals surface area contributed by atoms with Crippen LogP contribution in [0.3, 0.4) is 0 Å². The molecule has 0 atom stereocenters. The molecule has 1 aromatic carbocycles. The average molecular weight is 259 g/mol. The van der Waals surface area contributed by atoms with Crippen LogP contribution in [0.5, 0.6) is 0 Å². The summed E-state index contributed by atoms with van der Waals surface area (Å²) in [5.74, 6) is 0.492. The monoisotopic (exact) mass is 259 g/mol. The van der Waals surface area contributed by atoms with Gasteiger partial charge in [0.05, 0.1) is 5.69 Å². The highest BCUT2D eigenvalue weighted by atomic mass is 19.1. The van der Waals surface area contributed by atoms with Gasteiger partial charge < -0.3 is 10.6 Å². The van der Waals surface area contributed by atoms with E-state index in [0.29, 0.717) is 18.8 Å². The van der Waals surface area contributed by atoms with Crippen LogP contribution >= 0.6 is 0 Å². The Bertz CT molecular complexity index is 525. The molecule has 2 rings (SSSR count). The Morgan fingerprint density at radius 2 is 2.00 bits per heavy atom. The maximum Gasteiger partial charge on any atom is 0.146 e. The lowest BCUT2D eigenvalue weighted by Gasteiger charge is -2.24. The van der Waals surface area contributed by atoms with Crippen LogP contribution in [-0.2, 0) is 0 Å². The Balaban J connectivity index is 2.35. The summed E-state index contributed by atoms with van der Waals surface area (Å²) >= 11 is 0. The van der Waals surface area contributed by atoms with Crippen molar-refractivity contribution < 1.29 is 4.39 Å². The van der Waals surface area contributed by atoms with Gasteiger partial charge in [-0.15, -0.1) is 0 Å². The first-order chi connectivity index (χ1) is 9.22. The zero-order valence-corrected chi connectivity index (χ0v) is 11.0. The number of pyridine rings is 1. The van der Waals surface area contributed by atoms with Crippen LogP contribution < -0.4 is 10.6 Å². The minimum atomic E-state index is -0.248. The standard InChI is InChI=1S/C15H18FN3/c1-12-7-8-15(18-11-12)19(10-4-9-17)14-6-3-2-5-13(14)16/h2-3,5-8,11H,4,9-10,17H2,1H3. The van der Waals surface area contributed by atoms with E-state index in [-0.39, 0.29) is 5.82 Å². The molecule has 0 unspecified atom stereocenters. The van der Waals surface area contributed by atoms with E-state index in [1.54, 1.807) is 18.3 Å². The Morgan fingerprint density at radius 3 is 2.63 bits per heavy atom. The quantitative estimate of drug-likeness (QED) is 0.897. The number of rotatable bonds is 5. The molecule has 1 aromatic heterocycles. The fourth-order valence-electron chi connectivity index (χ4n) is 1.90. The van der Waals surface area contributed by atoms with Gasteiger partial charge in [-0.05, 0) is 43.7 Å². The smallest absolute Gasteiger partial charge is 0.146 e. The lowest BCUT2D eigenvalue weighted by atomic mass is 10.2. The number of benzene rings is 1. The largest absolute Gasteiger partial charge is 0.330 e. The van der Waals surface area contributed by atoms with E-state index in [0.717, 1.165) is 17.8 Å². The Hall–Kier alpha value is -1.94. The fourth-order valence-corrected chi connectivity index (χ4v) is 1.90. The second-order valence-electron chi connectivity index (χ2n) is 4.44. The highest BCUT2D eigenvalue weighted by Gasteiger charge is 2.13. The van der Waals surface area contributed by atoms with Crippen molar-refractivity contribution >= 4 is 11.5 Å². The van der Waals surface area contributed by atoms with E-state index >= 15 is 0 Å². The van der Waals surface area contributed by atoms with Gasteiger partial charge in [-0.25, -0.2) is 9.37 Å². The zero-order valence-electron chi connectivity index (χ0n) is 11.0. The summed E-state index contributed by atoms with van der Waals surface area (Å²) in [4.78, 5) is 6.23. The van der Waals surface area contributed by atoms with Crippen molar-refractivity contribution in [1.29, 1.82) is 0 Å². The number of aromatic nitrogens is 1. The van der Waals surface area contributed by atoms with Gasteiger partial charge in [0.1, 0.15) is 11.6 Å². The molecule has 4 heteroatoms. The Kier molecular flexibility index (Phi) is 4.47. The summed E-state index contributed by atoms with van der Waals surface area (Å²) < 4.78 is 13.9. The van der Waals surface area contributed by atoms with Gasteiger partial charge in [0.15, 0.2) is 0 Å². The third-order valence-corrected chi connectivity index (χ3v) is 2.90. The summed E-state index contributed by atoms with van der Waals surface area (Å²) in [6, 6.07) is 10.6. The van der Waals surface area contributed by atoms with Crippen LogP contribution in [0.4, 0.5) is 15.9 Å². The summed E-state index contributed by atoms with van der Waals surface area (Å²) in [5.41, 5.74) is 7.17. The predicted molar refractivity (Wildman–Crippen MR) is 76.1 cm³/mol. The van der Waals surface area contributed by atoms with Crippen molar-refractivity contribution in [3.8, 4) is 0 Å². The molecule has 1 heterocycles. The minimum absolute atomic E-state index is 0.248. The molecular formula is C15H18FN3. The van der Waals surface area contributed by atoms with Crippen LogP contribution in [0.1, 0.15) is 12.0 Å². The van der Waals surface area contributed by atoms with Crippen LogP contribution in [0.15, 0.2) is 42.6 Å². The van der Waals surface area contributed by atoms with E-state index in [2.05, 4.69) is 4.98 Å². The first-order valence-corrected chi connectivity index (χ1v) is 6.37. The number of aryl methyl sites for hydroxylation is 1. The topological polar surface area (TPSA) is 42.1 Å². The first kappa shape index (κ1) is 13.5. The van der Waals surface area contributed by atoms with E-state index < -0.39 is 0 Å². The molecule has 0 fully saturated rings. The lowest BCUT2D eigenvalue weighted by Crippen LogP contribution is -2.22. The molecule has 0 radical (unpaired) electrons. The van der Waals surface area contributed by atoms with Gasteiger partial charge in [-0.2, -0.15) is 0 Å². The van der Waals surface area contributed by atoms with Crippen LogP contribution in [-0.4, -0.2) is 18.1 Å². The van der Waals surface area contributed by atoms with Crippen LogP contribution in [0.2, 0.25) is 0 Å². The van der Waals surface area contributed by atoms with Crippen molar-refractivity contribution in [2.75, 3.05) is 18.0 Å². The number of hydrogen-bond donors (Lipinski definition) is 1. The summed E-state index contributed by atoms with van der Waals surface area (Å²) in [5, 5.41) is 0. The minimum Gasteiger partial charge on any atom is -0.330 e. The van der Waals surface area contributed by atoms with Crippen LogP contribution in [0.25, 0.3) is 0 Å². The number of nitrogens with zero attached hydrogens (tertiary/aromatic N) is 2. The highest BCUT2D eigenvalue weighted by molar-refractivity contribution is 5.60. The average Bonchev–Trinajstić information content (AvgIpc) is 2.43. The molecular weight excluding hydrogens is 241 g/mol. The molecule has 0 bridgehead atoms. The Labute approximate surface area is 112 Å². The molecule has 2 N–H and O–H groups in total. The third-order valence-electron chi connectivity index (χ3n) is 2.90. The number of anilines is 2. The van der Waals surface area contributed by atoms with Crippen molar-refractivity contribution in [2.24, 2.45) is 5.73 Å². The maximum atomic E-state index is 13.9. The van der Waals surface area contributed by atoms with Crippen molar-refractivity contribution in [3.63, 3.8) is 0 Å². The van der Waals surface area contributed by atoms with Gasteiger partial charge in [0.2, 0.25) is 0 Å². The molecule has 0 aliphatic heterocycles. The molecule has 19 heavy (non-hydrogen) atoms. The highest BCUT2D eigenvalue weighted by Crippen LogP contribution is 2.26. The number of nitrogens with two attached hydrogens (primary N) is 1. The van der Waals surface area contributed by atoms with Crippen molar-refractivity contribution in [3.05, 3.63) is 54.0 Å². The number of para-hydroxylation sites is 1. The molecule has 0 amide bonds. The SMILES string of the molecule is Cc1ccc(N(CCCN)c2ccccc2F)nc1. The first-order valence-electron chi connectivity index (χ1n) is 6.37. The molecule has 3 nitrogen and oxygen atoms in total.